The minimum atomic E-state index is -3.47. The van der Waals surface area contributed by atoms with Gasteiger partial charge in [-0.3, -0.25) is 4.98 Å². The number of sulfonamides is 1. The van der Waals surface area contributed by atoms with Crippen LogP contribution in [-0.4, -0.2) is 66.3 Å². The predicted molar refractivity (Wildman–Crippen MR) is 111 cm³/mol. The molecule has 30 heavy (non-hydrogen) atoms. The number of morpholine rings is 1. The molecule has 2 amide bonds. The molecule has 0 aliphatic carbocycles. The van der Waals surface area contributed by atoms with Gasteiger partial charge in [-0.1, -0.05) is 0 Å². The number of nitrogens with zero attached hydrogens (tertiary/aromatic N) is 3. The van der Waals surface area contributed by atoms with Gasteiger partial charge >= 0.3 is 6.03 Å². The quantitative estimate of drug-likeness (QED) is 0.680. The topological polar surface area (TPSA) is 123 Å². The zero-order valence-electron chi connectivity index (χ0n) is 16.8. The fourth-order valence-corrected chi connectivity index (χ4v) is 4.51. The summed E-state index contributed by atoms with van der Waals surface area (Å²) in [5.41, 5.74) is 0.540. The molecule has 11 heteroatoms. The van der Waals surface area contributed by atoms with Crippen molar-refractivity contribution in [3.63, 3.8) is 0 Å². The molecule has 2 atom stereocenters. The molecule has 2 unspecified atom stereocenters. The van der Waals surface area contributed by atoms with Crippen molar-refractivity contribution in [1.82, 2.24) is 19.6 Å². The second-order valence-corrected chi connectivity index (χ2v) is 9.03. The maximum absolute atomic E-state index is 12.5. The summed E-state index contributed by atoms with van der Waals surface area (Å²) in [6.45, 7) is 4.33. The Morgan fingerprint density at radius 1 is 1.20 bits per heavy atom. The van der Waals surface area contributed by atoms with Crippen molar-refractivity contribution in [2.45, 2.75) is 26.1 Å². The summed E-state index contributed by atoms with van der Waals surface area (Å²) in [6.07, 6.45) is 4.26. The maximum Gasteiger partial charge on any atom is 0.319 e. The number of amides is 2. The number of ether oxygens (including phenoxy) is 2. The van der Waals surface area contributed by atoms with Crippen molar-refractivity contribution >= 4 is 21.7 Å². The Hall–Kier alpha value is -2.76. The van der Waals surface area contributed by atoms with E-state index in [0.29, 0.717) is 30.4 Å². The Labute approximate surface area is 175 Å². The number of benzene rings is 1. The number of carbonyl (C=O) groups excluding carboxylic acids is 1. The Morgan fingerprint density at radius 3 is 2.53 bits per heavy atom. The van der Waals surface area contributed by atoms with Gasteiger partial charge < -0.3 is 20.1 Å². The fourth-order valence-electron chi connectivity index (χ4n) is 3.02. The van der Waals surface area contributed by atoms with Gasteiger partial charge in [-0.15, -0.1) is 0 Å². The van der Waals surface area contributed by atoms with Crippen LogP contribution in [0.3, 0.4) is 0 Å². The summed E-state index contributed by atoms with van der Waals surface area (Å²) in [4.78, 5) is 20.0. The second kappa shape index (κ2) is 9.83. The molecule has 1 aliphatic heterocycles. The van der Waals surface area contributed by atoms with E-state index in [1.54, 1.807) is 30.5 Å². The van der Waals surface area contributed by atoms with Gasteiger partial charge in [-0.05, 0) is 38.1 Å². The zero-order valence-corrected chi connectivity index (χ0v) is 17.6. The lowest BCUT2D eigenvalue weighted by molar-refractivity contribution is -0.0440. The fraction of sp³-hybridized carbons (Fsp3) is 0.421. The number of carbonyl (C=O) groups is 1. The van der Waals surface area contributed by atoms with Gasteiger partial charge in [0.05, 0.1) is 24.2 Å². The second-order valence-electron chi connectivity index (χ2n) is 6.94. The molecule has 0 radical (unpaired) electrons. The van der Waals surface area contributed by atoms with Crippen LogP contribution in [-0.2, 0) is 14.8 Å². The van der Waals surface area contributed by atoms with Crippen LogP contribution in [0.5, 0.6) is 11.6 Å². The molecule has 2 aromatic rings. The van der Waals surface area contributed by atoms with E-state index in [1.165, 1.54) is 16.7 Å². The highest BCUT2D eigenvalue weighted by Gasteiger charge is 2.30. The molecule has 1 fully saturated rings. The monoisotopic (exact) mass is 435 g/mol. The van der Waals surface area contributed by atoms with Crippen LogP contribution in [0.15, 0.2) is 42.9 Å². The van der Waals surface area contributed by atoms with Crippen molar-refractivity contribution in [3.8, 4) is 11.6 Å². The van der Waals surface area contributed by atoms with Crippen LogP contribution in [0.2, 0.25) is 0 Å². The van der Waals surface area contributed by atoms with E-state index in [1.807, 2.05) is 13.8 Å². The van der Waals surface area contributed by atoms with Gasteiger partial charge in [0, 0.05) is 37.7 Å². The third-order valence-corrected chi connectivity index (χ3v) is 6.10. The van der Waals surface area contributed by atoms with Crippen molar-refractivity contribution in [2.24, 2.45) is 0 Å². The summed E-state index contributed by atoms with van der Waals surface area (Å²) in [5, 5.41) is 5.22. The van der Waals surface area contributed by atoms with E-state index in [2.05, 4.69) is 20.6 Å². The molecule has 2 heterocycles. The van der Waals surface area contributed by atoms with Crippen LogP contribution < -0.4 is 15.4 Å². The van der Waals surface area contributed by atoms with Crippen molar-refractivity contribution < 1.29 is 22.7 Å². The highest BCUT2D eigenvalue weighted by atomic mass is 32.2. The summed E-state index contributed by atoms with van der Waals surface area (Å²) < 4.78 is 37.5. The third kappa shape index (κ3) is 6.37. The molecule has 0 saturated carbocycles. The Balaban J connectivity index is 1.44. The largest absolute Gasteiger partial charge is 0.438 e. The van der Waals surface area contributed by atoms with E-state index in [0.717, 1.165) is 0 Å². The predicted octanol–water partition coefficient (Wildman–Crippen LogP) is 1.83. The van der Waals surface area contributed by atoms with Crippen molar-refractivity contribution in [3.05, 3.63) is 42.9 Å². The highest BCUT2D eigenvalue weighted by molar-refractivity contribution is 7.89. The molecule has 3 rings (SSSR count). The Kier molecular flexibility index (Phi) is 7.19. The minimum absolute atomic E-state index is 0.00214. The molecule has 1 aromatic carbocycles. The van der Waals surface area contributed by atoms with Gasteiger partial charge in [-0.25, -0.2) is 18.2 Å². The summed E-state index contributed by atoms with van der Waals surface area (Å²) in [7, 11) is -3.47. The number of rotatable bonds is 7. The first kappa shape index (κ1) is 21.9. The number of aromatic nitrogens is 2. The first-order chi connectivity index (χ1) is 14.3. The van der Waals surface area contributed by atoms with E-state index in [-0.39, 0.29) is 24.5 Å². The summed E-state index contributed by atoms with van der Waals surface area (Å²) in [6, 6.07) is 6.19. The first-order valence-corrected chi connectivity index (χ1v) is 11.1. The smallest absolute Gasteiger partial charge is 0.319 e. The molecule has 1 saturated heterocycles. The van der Waals surface area contributed by atoms with Crippen molar-refractivity contribution in [2.75, 3.05) is 30.7 Å². The van der Waals surface area contributed by atoms with Gasteiger partial charge in [-0.2, -0.15) is 4.31 Å². The standard InChI is InChI=1S/C19H25N5O5S/c1-14-12-24(13-15(2)28-14)30(26,27)10-9-22-19(25)23-16-3-5-17(6-4-16)29-18-11-20-7-8-21-18/h3-8,11,14-15H,9-10,12-13H2,1-2H3,(H2,22,23,25). The van der Waals surface area contributed by atoms with Crippen LogP contribution in [0.4, 0.5) is 10.5 Å². The molecule has 0 bridgehead atoms. The van der Waals surface area contributed by atoms with E-state index >= 15 is 0 Å². The molecular weight excluding hydrogens is 410 g/mol. The van der Waals surface area contributed by atoms with E-state index in [4.69, 9.17) is 9.47 Å². The van der Waals surface area contributed by atoms with Gasteiger partial charge in [0.2, 0.25) is 15.9 Å². The lowest BCUT2D eigenvalue weighted by atomic mass is 10.3. The SMILES string of the molecule is CC1CN(S(=O)(=O)CCNC(=O)Nc2ccc(Oc3cnccn3)cc2)CC(C)O1. The Bertz CT molecular complexity index is 930. The molecule has 162 valence electrons. The average Bonchev–Trinajstić information content (AvgIpc) is 2.69. The summed E-state index contributed by atoms with van der Waals surface area (Å²) >= 11 is 0. The van der Waals surface area contributed by atoms with Crippen LogP contribution >= 0.6 is 0 Å². The molecule has 10 nitrogen and oxygen atoms in total. The lowest BCUT2D eigenvalue weighted by Crippen LogP contribution is -2.49. The van der Waals surface area contributed by atoms with Gasteiger partial charge in [0.15, 0.2) is 0 Å². The average molecular weight is 436 g/mol. The zero-order chi connectivity index (χ0) is 21.6. The van der Waals surface area contributed by atoms with E-state index < -0.39 is 16.1 Å². The number of anilines is 1. The molecular formula is C19H25N5O5S. The lowest BCUT2D eigenvalue weighted by Gasteiger charge is -2.34. The molecule has 1 aliphatic rings. The van der Waals surface area contributed by atoms with E-state index in [9.17, 15) is 13.2 Å². The number of hydrogen-bond acceptors (Lipinski definition) is 7. The normalized spacial score (nSPS) is 19.8. The number of nitrogens with one attached hydrogen (secondary N) is 2. The minimum Gasteiger partial charge on any atom is -0.438 e. The third-order valence-electron chi connectivity index (χ3n) is 4.30. The van der Waals surface area contributed by atoms with Crippen LogP contribution in [0.1, 0.15) is 13.8 Å². The molecule has 0 spiro atoms. The summed E-state index contributed by atoms with van der Waals surface area (Å²) in [5.74, 6) is 0.729. The number of urea groups is 1. The highest BCUT2D eigenvalue weighted by Crippen LogP contribution is 2.20. The van der Waals surface area contributed by atoms with Crippen LogP contribution in [0, 0.1) is 0 Å². The molecule has 2 N–H and O–H groups in total. The van der Waals surface area contributed by atoms with Crippen LogP contribution in [0.25, 0.3) is 0 Å². The first-order valence-electron chi connectivity index (χ1n) is 9.54. The molecule has 1 aromatic heterocycles. The van der Waals surface area contributed by atoms with Gasteiger partial charge in [0.25, 0.3) is 0 Å². The van der Waals surface area contributed by atoms with Crippen molar-refractivity contribution in [1.29, 1.82) is 0 Å². The maximum atomic E-state index is 12.5. The Morgan fingerprint density at radius 2 is 1.90 bits per heavy atom. The number of hydrogen-bond donors (Lipinski definition) is 2. The van der Waals surface area contributed by atoms with Gasteiger partial charge in [0.1, 0.15) is 5.75 Å².